The van der Waals surface area contributed by atoms with Crippen LogP contribution in [0.3, 0.4) is 0 Å². The highest BCUT2D eigenvalue weighted by Crippen LogP contribution is 2.24. The number of anilines is 2. The maximum Gasteiger partial charge on any atom is 0.340 e. The van der Waals surface area contributed by atoms with Crippen molar-refractivity contribution in [2.45, 2.75) is 26.7 Å². The zero-order valence-corrected chi connectivity index (χ0v) is 15.6. The van der Waals surface area contributed by atoms with Gasteiger partial charge in [-0.15, -0.1) is 5.10 Å². The molecule has 0 radical (unpaired) electrons. The van der Waals surface area contributed by atoms with Crippen LogP contribution in [0.15, 0.2) is 36.4 Å². The Morgan fingerprint density at radius 1 is 1.22 bits per heavy atom. The number of esters is 1. The number of aromatic nitrogens is 2. The van der Waals surface area contributed by atoms with E-state index in [9.17, 15) is 9.59 Å². The zero-order chi connectivity index (χ0) is 19.2. The lowest BCUT2D eigenvalue weighted by molar-refractivity contribution is -0.120. The van der Waals surface area contributed by atoms with Crippen LogP contribution in [0, 0.1) is 12.8 Å². The van der Waals surface area contributed by atoms with E-state index in [-0.39, 0.29) is 18.4 Å². The van der Waals surface area contributed by atoms with Gasteiger partial charge in [0, 0.05) is 13.1 Å². The fourth-order valence-electron chi connectivity index (χ4n) is 3.17. The van der Waals surface area contributed by atoms with Crippen LogP contribution in [0.5, 0.6) is 0 Å². The van der Waals surface area contributed by atoms with Gasteiger partial charge >= 0.3 is 5.97 Å². The number of hydrogen-bond donors (Lipinski definition) is 1. The molecule has 1 fully saturated rings. The molecule has 1 unspecified atom stereocenters. The third-order valence-electron chi connectivity index (χ3n) is 4.58. The molecular weight excluding hydrogens is 344 g/mol. The Hall–Kier alpha value is -2.96. The summed E-state index contributed by atoms with van der Waals surface area (Å²) in [6, 6.07) is 10.8. The molecule has 7 nitrogen and oxygen atoms in total. The normalized spacial score (nSPS) is 16.7. The van der Waals surface area contributed by atoms with E-state index in [1.165, 1.54) is 0 Å². The number of carbonyl (C=O) groups excluding carboxylic acids is 2. The van der Waals surface area contributed by atoms with Crippen LogP contribution in [-0.2, 0) is 9.53 Å². The molecule has 1 aromatic carbocycles. The van der Waals surface area contributed by atoms with Crippen LogP contribution < -0.4 is 10.2 Å². The second kappa shape index (κ2) is 8.62. The third kappa shape index (κ3) is 4.61. The fraction of sp³-hybridized carbons (Fsp3) is 0.400. The second-order valence-electron chi connectivity index (χ2n) is 6.57. The highest BCUT2D eigenvalue weighted by Gasteiger charge is 2.27. The largest absolute Gasteiger partial charge is 0.462 e. The second-order valence-corrected chi connectivity index (χ2v) is 6.57. The molecule has 1 atom stereocenters. The maximum absolute atomic E-state index is 12.8. The van der Waals surface area contributed by atoms with Gasteiger partial charge in [0.2, 0.25) is 5.91 Å². The first-order valence-corrected chi connectivity index (χ1v) is 9.20. The molecule has 0 saturated carbocycles. The highest BCUT2D eigenvalue weighted by molar-refractivity contribution is 6.02. The first-order valence-electron chi connectivity index (χ1n) is 9.20. The number of aryl methyl sites for hydroxylation is 1. The van der Waals surface area contributed by atoms with E-state index in [0.717, 1.165) is 30.9 Å². The maximum atomic E-state index is 12.8. The van der Waals surface area contributed by atoms with Crippen molar-refractivity contribution in [3.05, 3.63) is 47.7 Å². The Kier molecular flexibility index (Phi) is 6.01. The van der Waals surface area contributed by atoms with Crippen molar-refractivity contribution in [3.63, 3.8) is 0 Å². The number of nitrogens with zero attached hydrogens (tertiary/aromatic N) is 3. The average Bonchev–Trinajstić information content (AvgIpc) is 2.69. The number of nitrogens with one attached hydrogen (secondary N) is 1. The lowest BCUT2D eigenvalue weighted by atomic mass is 9.96. The molecule has 1 aromatic heterocycles. The summed E-state index contributed by atoms with van der Waals surface area (Å²) in [5.41, 5.74) is 1.71. The van der Waals surface area contributed by atoms with Gasteiger partial charge in [-0.3, -0.25) is 4.79 Å². The lowest BCUT2D eigenvalue weighted by Gasteiger charge is -2.32. The molecule has 2 heterocycles. The number of rotatable bonds is 5. The Morgan fingerprint density at radius 3 is 2.78 bits per heavy atom. The van der Waals surface area contributed by atoms with E-state index in [0.29, 0.717) is 17.8 Å². The number of amides is 1. The number of benzene rings is 1. The van der Waals surface area contributed by atoms with Crippen LogP contribution in [0.1, 0.15) is 35.8 Å². The summed E-state index contributed by atoms with van der Waals surface area (Å²) in [6.07, 6.45) is 1.69. The SMILES string of the molecule is CCOC(=O)c1ccccc1NC(=O)C1CCCN(c2ccc(C)nn2)C1. The molecule has 142 valence electrons. The minimum atomic E-state index is -0.436. The summed E-state index contributed by atoms with van der Waals surface area (Å²) in [4.78, 5) is 27.0. The molecule has 27 heavy (non-hydrogen) atoms. The highest BCUT2D eigenvalue weighted by atomic mass is 16.5. The molecule has 1 amide bonds. The predicted octanol–water partition coefficient (Wildman–Crippen LogP) is 2.82. The van der Waals surface area contributed by atoms with Crippen molar-refractivity contribution < 1.29 is 14.3 Å². The van der Waals surface area contributed by atoms with E-state index in [1.807, 2.05) is 19.1 Å². The van der Waals surface area contributed by atoms with Crippen LogP contribution in [0.25, 0.3) is 0 Å². The van der Waals surface area contributed by atoms with Crippen molar-refractivity contribution in [2.75, 3.05) is 29.9 Å². The summed E-state index contributed by atoms with van der Waals surface area (Å²) in [5, 5.41) is 11.2. The van der Waals surface area contributed by atoms with Crippen molar-refractivity contribution >= 4 is 23.4 Å². The van der Waals surface area contributed by atoms with E-state index < -0.39 is 5.97 Å². The molecular formula is C20H24N4O3. The van der Waals surface area contributed by atoms with Crippen molar-refractivity contribution in [1.82, 2.24) is 10.2 Å². The van der Waals surface area contributed by atoms with E-state index in [1.54, 1.807) is 31.2 Å². The van der Waals surface area contributed by atoms with Gasteiger partial charge in [0.25, 0.3) is 0 Å². The van der Waals surface area contributed by atoms with Gasteiger partial charge in [0.15, 0.2) is 5.82 Å². The molecule has 2 aromatic rings. The van der Waals surface area contributed by atoms with Gasteiger partial charge in [-0.2, -0.15) is 5.10 Å². The topological polar surface area (TPSA) is 84.4 Å². The number of piperidine rings is 1. The van der Waals surface area contributed by atoms with E-state index in [4.69, 9.17) is 4.74 Å². The quantitative estimate of drug-likeness (QED) is 0.817. The summed E-state index contributed by atoms with van der Waals surface area (Å²) in [7, 11) is 0. The smallest absolute Gasteiger partial charge is 0.340 e. The third-order valence-corrected chi connectivity index (χ3v) is 4.58. The molecule has 3 rings (SSSR count). The number of hydrogen-bond acceptors (Lipinski definition) is 6. The summed E-state index contributed by atoms with van der Waals surface area (Å²) >= 11 is 0. The van der Waals surface area contributed by atoms with Gasteiger partial charge in [0.05, 0.1) is 29.5 Å². The minimum absolute atomic E-state index is 0.100. The Morgan fingerprint density at radius 2 is 2.04 bits per heavy atom. The Balaban J connectivity index is 1.69. The first kappa shape index (κ1) is 18.8. The zero-order valence-electron chi connectivity index (χ0n) is 15.6. The summed E-state index contributed by atoms with van der Waals surface area (Å²) < 4.78 is 5.07. The van der Waals surface area contributed by atoms with Crippen LogP contribution in [0.4, 0.5) is 11.5 Å². The van der Waals surface area contributed by atoms with Gasteiger partial charge in [0.1, 0.15) is 0 Å². The van der Waals surface area contributed by atoms with Crippen LogP contribution >= 0.6 is 0 Å². The molecule has 0 aliphatic carbocycles. The molecule has 1 saturated heterocycles. The molecule has 0 spiro atoms. The van der Waals surface area contributed by atoms with Gasteiger partial charge in [-0.1, -0.05) is 12.1 Å². The minimum Gasteiger partial charge on any atom is -0.462 e. The van der Waals surface area contributed by atoms with Gasteiger partial charge in [-0.25, -0.2) is 4.79 Å². The number of carbonyl (C=O) groups is 2. The summed E-state index contributed by atoms with van der Waals surface area (Å²) in [5.74, 6) is 0.0623. The molecule has 0 bridgehead atoms. The average molecular weight is 368 g/mol. The Bertz CT molecular complexity index is 807. The monoisotopic (exact) mass is 368 g/mol. The summed E-state index contributed by atoms with van der Waals surface area (Å²) in [6.45, 7) is 5.36. The first-order chi connectivity index (χ1) is 13.1. The van der Waals surface area contributed by atoms with Crippen LogP contribution in [-0.4, -0.2) is 41.8 Å². The molecule has 1 aliphatic heterocycles. The van der Waals surface area contributed by atoms with Crippen molar-refractivity contribution in [1.29, 1.82) is 0 Å². The Labute approximate surface area is 158 Å². The van der Waals surface area contributed by atoms with E-state index >= 15 is 0 Å². The number of para-hydroxylation sites is 1. The molecule has 1 aliphatic rings. The lowest BCUT2D eigenvalue weighted by Crippen LogP contribution is -2.41. The van der Waals surface area contributed by atoms with Gasteiger partial charge in [-0.05, 0) is 51.0 Å². The van der Waals surface area contributed by atoms with Gasteiger partial charge < -0.3 is 15.0 Å². The van der Waals surface area contributed by atoms with Crippen molar-refractivity contribution in [3.8, 4) is 0 Å². The van der Waals surface area contributed by atoms with E-state index in [2.05, 4.69) is 20.4 Å². The predicted molar refractivity (Wildman–Crippen MR) is 103 cm³/mol. The standard InChI is InChI=1S/C20H24N4O3/c1-3-27-20(26)16-8-4-5-9-17(16)21-19(25)15-7-6-12-24(13-15)18-11-10-14(2)22-23-18/h4-5,8-11,15H,3,6-7,12-13H2,1-2H3,(H,21,25). The van der Waals surface area contributed by atoms with Crippen LogP contribution in [0.2, 0.25) is 0 Å². The number of ether oxygens (including phenoxy) is 1. The molecule has 1 N–H and O–H groups in total. The molecule has 7 heteroatoms. The van der Waals surface area contributed by atoms with Crippen molar-refractivity contribution in [2.24, 2.45) is 5.92 Å². The fourth-order valence-corrected chi connectivity index (χ4v) is 3.17.